The third-order valence-corrected chi connectivity index (χ3v) is 5.04. The van der Waals surface area contributed by atoms with Crippen LogP contribution in [0.15, 0.2) is 59.8 Å². The van der Waals surface area contributed by atoms with Gasteiger partial charge in [0.25, 0.3) is 0 Å². The van der Waals surface area contributed by atoms with Gasteiger partial charge in [0.1, 0.15) is 0 Å². The summed E-state index contributed by atoms with van der Waals surface area (Å²) in [5.74, 6) is -2.36. The summed E-state index contributed by atoms with van der Waals surface area (Å²) in [5, 5.41) is 15.7. The minimum absolute atomic E-state index is 0.0101. The second kappa shape index (κ2) is 7.96. The fraction of sp³-hybridized carbons (Fsp3) is 0.100. The van der Waals surface area contributed by atoms with Gasteiger partial charge in [-0.15, -0.1) is 10.2 Å². The summed E-state index contributed by atoms with van der Waals surface area (Å²) >= 11 is 1.14. The Labute approximate surface area is 169 Å². The molecule has 0 radical (unpaired) electrons. The van der Waals surface area contributed by atoms with Crippen molar-refractivity contribution in [3.63, 3.8) is 0 Å². The van der Waals surface area contributed by atoms with E-state index in [9.17, 15) is 13.6 Å². The summed E-state index contributed by atoms with van der Waals surface area (Å²) in [4.78, 5) is 12.1. The summed E-state index contributed by atoms with van der Waals surface area (Å²) in [7, 11) is 0. The summed E-state index contributed by atoms with van der Waals surface area (Å²) in [6, 6.07) is 14.8. The highest BCUT2D eigenvalue weighted by Gasteiger charge is 2.12. The van der Waals surface area contributed by atoms with Gasteiger partial charge in [-0.3, -0.25) is 4.79 Å². The van der Waals surface area contributed by atoms with E-state index in [0.717, 1.165) is 40.7 Å². The zero-order valence-corrected chi connectivity index (χ0v) is 16.1. The molecule has 0 aliphatic carbocycles. The number of nitrogens with one attached hydrogen (secondary N) is 1. The Morgan fingerprint density at radius 2 is 1.83 bits per heavy atom. The van der Waals surface area contributed by atoms with Gasteiger partial charge >= 0.3 is 0 Å². The number of anilines is 1. The van der Waals surface area contributed by atoms with E-state index >= 15 is 0 Å². The fourth-order valence-corrected chi connectivity index (χ4v) is 3.33. The smallest absolute Gasteiger partial charge is 0.234 e. The van der Waals surface area contributed by atoms with E-state index in [-0.39, 0.29) is 17.3 Å². The third kappa shape index (κ3) is 4.24. The Balaban J connectivity index is 1.48. The highest BCUT2D eigenvalue weighted by atomic mass is 32.2. The minimum atomic E-state index is -1.02. The van der Waals surface area contributed by atoms with E-state index in [1.54, 1.807) is 10.6 Å². The van der Waals surface area contributed by atoms with Gasteiger partial charge in [-0.05, 0) is 31.2 Å². The number of thioether (sulfide) groups is 1. The molecule has 1 N–H and O–H groups in total. The molecule has 0 aliphatic heterocycles. The predicted molar refractivity (Wildman–Crippen MR) is 107 cm³/mol. The maximum absolute atomic E-state index is 13.3. The second-order valence-corrected chi connectivity index (χ2v) is 7.25. The van der Waals surface area contributed by atoms with Crippen molar-refractivity contribution in [1.29, 1.82) is 0 Å². The zero-order chi connectivity index (χ0) is 20.4. The van der Waals surface area contributed by atoms with Crippen molar-refractivity contribution in [2.45, 2.75) is 12.1 Å². The first-order valence-electron chi connectivity index (χ1n) is 8.67. The summed E-state index contributed by atoms with van der Waals surface area (Å²) in [6.45, 7) is 2.01. The van der Waals surface area contributed by atoms with E-state index in [2.05, 4.69) is 20.6 Å². The van der Waals surface area contributed by atoms with Gasteiger partial charge in [-0.1, -0.05) is 41.6 Å². The Morgan fingerprint density at radius 1 is 1.03 bits per heavy atom. The zero-order valence-electron chi connectivity index (χ0n) is 15.3. The van der Waals surface area contributed by atoms with Crippen LogP contribution < -0.4 is 5.32 Å². The fourth-order valence-electron chi connectivity index (χ4n) is 2.64. The van der Waals surface area contributed by atoms with Crippen LogP contribution in [-0.4, -0.2) is 31.5 Å². The molecular formula is C20H15F2N5OS. The molecule has 0 aliphatic rings. The molecule has 0 saturated carbocycles. The van der Waals surface area contributed by atoms with Crippen LogP contribution in [0.3, 0.4) is 0 Å². The molecule has 0 saturated heterocycles. The highest BCUT2D eigenvalue weighted by molar-refractivity contribution is 7.99. The van der Waals surface area contributed by atoms with Gasteiger partial charge in [0.2, 0.25) is 11.1 Å². The van der Waals surface area contributed by atoms with E-state index in [0.29, 0.717) is 10.8 Å². The molecule has 0 spiro atoms. The van der Waals surface area contributed by atoms with Crippen LogP contribution in [-0.2, 0) is 4.79 Å². The average molecular weight is 411 g/mol. The van der Waals surface area contributed by atoms with Gasteiger partial charge < -0.3 is 5.32 Å². The molecule has 2 aromatic heterocycles. The first-order chi connectivity index (χ1) is 14.0. The maximum Gasteiger partial charge on any atom is 0.234 e. The van der Waals surface area contributed by atoms with Gasteiger partial charge in [-0.2, -0.15) is 9.61 Å². The van der Waals surface area contributed by atoms with Crippen LogP contribution in [0, 0.1) is 18.6 Å². The number of fused-ring (bicyclic) bond motifs is 1. The third-order valence-electron chi connectivity index (χ3n) is 4.12. The van der Waals surface area contributed by atoms with Crippen molar-refractivity contribution >= 4 is 29.0 Å². The highest BCUT2D eigenvalue weighted by Crippen LogP contribution is 2.21. The standard InChI is InChI=1S/C20H15F2N5OS/c1-12-2-4-13(5-3-12)17-8-9-18-24-25-20(27(18)26-17)29-11-19(28)23-14-6-7-15(21)16(22)10-14/h2-10H,11H2,1H3,(H,23,28). The first kappa shape index (κ1) is 19.0. The number of hydrogen-bond donors (Lipinski definition) is 1. The van der Waals surface area contributed by atoms with E-state index in [1.165, 1.54) is 6.07 Å². The molecule has 4 rings (SSSR count). The summed E-state index contributed by atoms with van der Waals surface area (Å²) < 4.78 is 27.8. The predicted octanol–water partition coefficient (Wildman–Crippen LogP) is 4.11. The normalized spacial score (nSPS) is 11.0. The molecule has 0 bridgehead atoms. The van der Waals surface area contributed by atoms with Crippen LogP contribution in [0.5, 0.6) is 0 Å². The van der Waals surface area contributed by atoms with Gasteiger partial charge in [0, 0.05) is 17.3 Å². The lowest BCUT2D eigenvalue weighted by atomic mass is 10.1. The molecule has 4 aromatic rings. The first-order valence-corrected chi connectivity index (χ1v) is 9.65. The number of halogens is 2. The molecule has 9 heteroatoms. The Morgan fingerprint density at radius 3 is 2.59 bits per heavy atom. The maximum atomic E-state index is 13.3. The monoisotopic (exact) mass is 411 g/mol. The van der Waals surface area contributed by atoms with Crippen molar-refractivity contribution in [2.24, 2.45) is 0 Å². The van der Waals surface area contributed by atoms with Crippen LogP contribution in [0.4, 0.5) is 14.5 Å². The quantitative estimate of drug-likeness (QED) is 0.501. The van der Waals surface area contributed by atoms with Crippen molar-refractivity contribution in [2.75, 3.05) is 11.1 Å². The van der Waals surface area contributed by atoms with Gasteiger partial charge in [0.15, 0.2) is 17.3 Å². The van der Waals surface area contributed by atoms with Gasteiger partial charge in [-0.25, -0.2) is 8.78 Å². The lowest BCUT2D eigenvalue weighted by Gasteiger charge is -2.05. The number of carbonyl (C=O) groups excluding carboxylic acids is 1. The molecule has 0 fully saturated rings. The number of hydrogen-bond acceptors (Lipinski definition) is 5. The molecular weight excluding hydrogens is 396 g/mol. The number of amides is 1. The number of rotatable bonds is 5. The Kier molecular flexibility index (Phi) is 5.22. The molecule has 0 atom stereocenters. The van der Waals surface area contributed by atoms with Gasteiger partial charge in [0.05, 0.1) is 11.4 Å². The lowest BCUT2D eigenvalue weighted by molar-refractivity contribution is -0.113. The number of nitrogens with zero attached hydrogens (tertiary/aromatic N) is 4. The van der Waals surface area contributed by atoms with Crippen molar-refractivity contribution in [1.82, 2.24) is 19.8 Å². The van der Waals surface area contributed by atoms with Crippen molar-refractivity contribution in [3.8, 4) is 11.3 Å². The van der Waals surface area contributed by atoms with Crippen LogP contribution >= 0.6 is 11.8 Å². The van der Waals surface area contributed by atoms with E-state index in [4.69, 9.17) is 0 Å². The summed E-state index contributed by atoms with van der Waals surface area (Å²) in [5.41, 5.74) is 3.61. The molecule has 146 valence electrons. The number of benzene rings is 2. The largest absolute Gasteiger partial charge is 0.325 e. The van der Waals surface area contributed by atoms with E-state index < -0.39 is 11.6 Å². The van der Waals surface area contributed by atoms with E-state index in [1.807, 2.05) is 37.3 Å². The molecule has 1 amide bonds. The Bertz CT molecular complexity index is 1190. The number of aryl methyl sites for hydroxylation is 1. The lowest BCUT2D eigenvalue weighted by Crippen LogP contribution is -2.14. The molecule has 0 unspecified atom stereocenters. The molecule has 6 nitrogen and oxygen atoms in total. The van der Waals surface area contributed by atoms with Crippen LogP contribution in [0.1, 0.15) is 5.56 Å². The molecule has 2 heterocycles. The minimum Gasteiger partial charge on any atom is -0.325 e. The summed E-state index contributed by atoms with van der Waals surface area (Å²) in [6.07, 6.45) is 0. The van der Waals surface area contributed by atoms with Crippen molar-refractivity contribution < 1.29 is 13.6 Å². The molecule has 2 aromatic carbocycles. The van der Waals surface area contributed by atoms with Crippen LogP contribution in [0.25, 0.3) is 16.9 Å². The topological polar surface area (TPSA) is 72.2 Å². The SMILES string of the molecule is Cc1ccc(-c2ccc3nnc(SCC(=O)Nc4ccc(F)c(F)c4)n3n2)cc1. The molecule has 29 heavy (non-hydrogen) atoms. The van der Waals surface area contributed by atoms with Crippen LogP contribution in [0.2, 0.25) is 0 Å². The van der Waals surface area contributed by atoms with Crippen molar-refractivity contribution in [3.05, 3.63) is 71.8 Å². The number of carbonyl (C=O) groups is 1. The second-order valence-electron chi connectivity index (χ2n) is 6.30. The number of aromatic nitrogens is 4. The Hall–Kier alpha value is -3.33. The average Bonchev–Trinajstić information content (AvgIpc) is 3.12.